The summed E-state index contributed by atoms with van der Waals surface area (Å²) < 4.78 is 12.3. The minimum atomic E-state index is -0.444. The maximum Gasteiger partial charge on any atom is 0.291 e. The first-order chi connectivity index (χ1) is 16.3. The number of nitrogens with zero attached hydrogens (tertiary/aromatic N) is 1. The lowest BCUT2D eigenvalue weighted by Gasteiger charge is -2.13. The third-order valence-corrected chi connectivity index (χ3v) is 6.26. The Balaban J connectivity index is 1.44. The van der Waals surface area contributed by atoms with Crippen LogP contribution in [-0.2, 0) is 11.2 Å². The van der Waals surface area contributed by atoms with Crippen molar-refractivity contribution in [1.29, 1.82) is 0 Å². The Bertz CT molecular complexity index is 1270. The van der Waals surface area contributed by atoms with Gasteiger partial charge < -0.3 is 14.5 Å². The topological polar surface area (TPSA) is 92.9 Å². The standard InChI is InChI=1S/C24H20BrCl2N3O4/c1-13-22-18(29-30-21(31)12-33-19-10-7-15(26)11-17(19)27)3-2-4-20(22)34-23(13)24(32)28-16-8-5-14(25)6-9-16/h5-11H,2-4,12H2,1H3,(H,28,32)(H,30,31)/b29-18+. The minimum absolute atomic E-state index is 0.231. The van der Waals surface area contributed by atoms with Crippen LogP contribution in [0.1, 0.15) is 40.3 Å². The molecule has 4 rings (SSSR count). The molecule has 0 spiro atoms. The zero-order valence-corrected chi connectivity index (χ0v) is 21.2. The fourth-order valence-electron chi connectivity index (χ4n) is 3.62. The van der Waals surface area contributed by atoms with E-state index in [9.17, 15) is 9.59 Å². The molecule has 7 nitrogen and oxygen atoms in total. The number of halogens is 3. The van der Waals surface area contributed by atoms with Crippen LogP contribution in [0.2, 0.25) is 10.0 Å². The number of furan rings is 1. The molecule has 0 fully saturated rings. The van der Waals surface area contributed by atoms with Crippen molar-refractivity contribution in [3.63, 3.8) is 0 Å². The smallest absolute Gasteiger partial charge is 0.291 e. The van der Waals surface area contributed by atoms with E-state index < -0.39 is 5.91 Å². The number of hydrogen-bond acceptors (Lipinski definition) is 5. The van der Waals surface area contributed by atoms with Crippen molar-refractivity contribution in [2.24, 2.45) is 5.10 Å². The van der Waals surface area contributed by atoms with Crippen molar-refractivity contribution in [2.45, 2.75) is 26.2 Å². The van der Waals surface area contributed by atoms with Gasteiger partial charge in [-0.25, -0.2) is 5.43 Å². The van der Waals surface area contributed by atoms with Crippen LogP contribution in [0.15, 0.2) is 56.5 Å². The second-order valence-electron chi connectivity index (χ2n) is 7.63. The van der Waals surface area contributed by atoms with Crippen LogP contribution in [0.4, 0.5) is 5.69 Å². The Morgan fingerprint density at radius 2 is 1.91 bits per heavy atom. The molecule has 1 heterocycles. The zero-order valence-electron chi connectivity index (χ0n) is 18.1. The molecule has 0 unspecified atom stereocenters. The summed E-state index contributed by atoms with van der Waals surface area (Å²) in [5.41, 5.74) is 5.27. The molecule has 0 bridgehead atoms. The van der Waals surface area contributed by atoms with Gasteiger partial charge in [-0.1, -0.05) is 39.1 Å². The third-order valence-electron chi connectivity index (χ3n) is 5.20. The van der Waals surface area contributed by atoms with Crippen LogP contribution in [0, 0.1) is 6.92 Å². The lowest BCUT2D eigenvalue weighted by Crippen LogP contribution is -2.27. The Morgan fingerprint density at radius 1 is 1.15 bits per heavy atom. The van der Waals surface area contributed by atoms with Gasteiger partial charge >= 0.3 is 0 Å². The maximum absolute atomic E-state index is 12.8. The van der Waals surface area contributed by atoms with Crippen molar-refractivity contribution in [2.75, 3.05) is 11.9 Å². The van der Waals surface area contributed by atoms with Gasteiger partial charge in [-0.15, -0.1) is 0 Å². The monoisotopic (exact) mass is 563 g/mol. The second kappa shape index (κ2) is 10.6. The molecule has 0 radical (unpaired) electrons. The van der Waals surface area contributed by atoms with E-state index in [1.807, 2.05) is 19.1 Å². The summed E-state index contributed by atoms with van der Waals surface area (Å²) in [5.74, 6) is 0.475. The number of amides is 2. The first kappa shape index (κ1) is 24.3. The highest BCUT2D eigenvalue weighted by atomic mass is 79.9. The summed E-state index contributed by atoms with van der Waals surface area (Å²) in [6.07, 6.45) is 2.12. The first-order valence-corrected chi connectivity index (χ1v) is 12.0. The van der Waals surface area contributed by atoms with Gasteiger partial charge in [0.1, 0.15) is 11.5 Å². The summed E-state index contributed by atoms with van der Waals surface area (Å²) >= 11 is 15.3. The Labute approximate surface area is 214 Å². The molecule has 1 aliphatic rings. The molecular weight excluding hydrogens is 545 g/mol. The summed E-state index contributed by atoms with van der Waals surface area (Å²) in [6.45, 7) is 1.54. The molecule has 0 aliphatic heterocycles. The van der Waals surface area contributed by atoms with E-state index >= 15 is 0 Å². The molecule has 2 amide bonds. The minimum Gasteiger partial charge on any atom is -0.482 e. The Morgan fingerprint density at radius 3 is 2.65 bits per heavy atom. The summed E-state index contributed by atoms with van der Waals surface area (Å²) in [6, 6.07) is 12.0. The van der Waals surface area contributed by atoms with Crippen LogP contribution >= 0.6 is 39.1 Å². The molecule has 0 atom stereocenters. The van der Waals surface area contributed by atoms with Crippen LogP contribution in [0.5, 0.6) is 5.75 Å². The molecule has 2 aromatic carbocycles. The molecule has 0 saturated carbocycles. The Hall–Kier alpha value is -2.81. The largest absolute Gasteiger partial charge is 0.482 e. The number of rotatable bonds is 6. The molecule has 2 N–H and O–H groups in total. The molecular formula is C24H20BrCl2N3O4. The number of carbonyl (C=O) groups excluding carboxylic acids is 2. The number of nitrogens with one attached hydrogen (secondary N) is 2. The lowest BCUT2D eigenvalue weighted by atomic mass is 9.93. The number of hydrogen-bond donors (Lipinski definition) is 2. The van der Waals surface area contributed by atoms with Gasteiger partial charge in [0.15, 0.2) is 12.4 Å². The second-order valence-corrected chi connectivity index (χ2v) is 9.39. The highest BCUT2D eigenvalue weighted by Gasteiger charge is 2.28. The molecule has 34 heavy (non-hydrogen) atoms. The van der Waals surface area contributed by atoms with Gasteiger partial charge in [0.05, 0.1) is 10.7 Å². The number of benzene rings is 2. The van der Waals surface area contributed by atoms with Crippen LogP contribution in [0.25, 0.3) is 0 Å². The van der Waals surface area contributed by atoms with Crippen molar-refractivity contribution < 1.29 is 18.7 Å². The fourth-order valence-corrected chi connectivity index (χ4v) is 4.34. The highest BCUT2D eigenvalue weighted by molar-refractivity contribution is 9.10. The van der Waals surface area contributed by atoms with Crippen molar-refractivity contribution in [3.8, 4) is 5.75 Å². The molecule has 1 aliphatic carbocycles. The van der Waals surface area contributed by atoms with Crippen molar-refractivity contribution in [1.82, 2.24) is 5.43 Å². The van der Waals surface area contributed by atoms with E-state index in [0.717, 1.165) is 16.5 Å². The lowest BCUT2D eigenvalue weighted by molar-refractivity contribution is -0.123. The number of fused-ring (bicyclic) bond motifs is 1. The van der Waals surface area contributed by atoms with E-state index in [-0.39, 0.29) is 18.3 Å². The predicted octanol–water partition coefficient (Wildman–Crippen LogP) is 6.15. The molecule has 1 aromatic heterocycles. The van der Waals surface area contributed by atoms with E-state index in [1.165, 1.54) is 6.07 Å². The van der Waals surface area contributed by atoms with Gasteiger partial charge in [-0.2, -0.15) is 5.10 Å². The van der Waals surface area contributed by atoms with E-state index in [2.05, 4.69) is 31.8 Å². The summed E-state index contributed by atoms with van der Waals surface area (Å²) in [5, 5.41) is 7.91. The van der Waals surface area contributed by atoms with Gasteiger partial charge in [0.25, 0.3) is 11.8 Å². The fraction of sp³-hybridized carbons (Fsp3) is 0.208. The number of ether oxygens (including phenoxy) is 1. The first-order valence-electron chi connectivity index (χ1n) is 10.4. The van der Waals surface area contributed by atoms with E-state index in [1.54, 1.807) is 24.3 Å². The highest BCUT2D eigenvalue weighted by Crippen LogP contribution is 2.31. The van der Waals surface area contributed by atoms with Gasteiger partial charge in [-0.3, -0.25) is 9.59 Å². The number of aryl methyl sites for hydroxylation is 1. The SMILES string of the molecule is Cc1c(C(=O)Nc2ccc(Br)cc2)oc2c1/C(=N/NC(=O)COc1ccc(Cl)cc1Cl)CCC2. The van der Waals surface area contributed by atoms with Gasteiger partial charge in [0.2, 0.25) is 0 Å². The maximum atomic E-state index is 12.8. The average molecular weight is 565 g/mol. The predicted molar refractivity (Wildman–Crippen MR) is 135 cm³/mol. The van der Waals surface area contributed by atoms with Crippen LogP contribution in [0.3, 0.4) is 0 Å². The third kappa shape index (κ3) is 5.63. The molecule has 0 saturated heterocycles. The summed E-state index contributed by atoms with van der Waals surface area (Å²) in [4.78, 5) is 25.1. The molecule has 3 aromatic rings. The van der Waals surface area contributed by atoms with Gasteiger partial charge in [-0.05, 0) is 62.2 Å². The Kier molecular flexibility index (Phi) is 7.60. The normalized spacial score (nSPS) is 13.9. The van der Waals surface area contributed by atoms with Crippen LogP contribution < -0.4 is 15.5 Å². The van der Waals surface area contributed by atoms with Crippen molar-refractivity contribution in [3.05, 3.63) is 79.6 Å². The number of hydrazone groups is 1. The average Bonchev–Trinajstić information content (AvgIpc) is 3.16. The van der Waals surface area contributed by atoms with Gasteiger partial charge in [0, 0.05) is 32.7 Å². The molecule has 10 heteroatoms. The van der Waals surface area contributed by atoms with Crippen molar-refractivity contribution >= 4 is 62.3 Å². The molecule has 176 valence electrons. The summed E-state index contributed by atoms with van der Waals surface area (Å²) in [7, 11) is 0. The number of carbonyl (C=O) groups is 2. The van der Waals surface area contributed by atoms with Crippen LogP contribution in [-0.4, -0.2) is 24.1 Å². The quantitative estimate of drug-likeness (QED) is 0.351. The van der Waals surface area contributed by atoms with E-state index in [0.29, 0.717) is 51.4 Å². The zero-order chi connectivity index (χ0) is 24.2. The van der Waals surface area contributed by atoms with E-state index in [4.69, 9.17) is 32.4 Å². The number of anilines is 1.